The van der Waals surface area contributed by atoms with Crippen LogP contribution in [0.15, 0.2) is 66.7 Å². The van der Waals surface area contributed by atoms with E-state index >= 15 is 0 Å². The number of allylic oxidation sites excluding steroid dienone is 1. The van der Waals surface area contributed by atoms with Gasteiger partial charge in [-0.2, -0.15) is 0 Å². The Morgan fingerprint density at radius 2 is 1.50 bits per heavy atom. The minimum absolute atomic E-state index is 0.0175. The molecule has 0 bridgehead atoms. The summed E-state index contributed by atoms with van der Waals surface area (Å²) in [7, 11) is -2.12. The monoisotopic (exact) mass is 496 g/mol. The van der Waals surface area contributed by atoms with E-state index < -0.39 is 8.07 Å². The number of fused-ring (bicyclic) bond motifs is 1. The van der Waals surface area contributed by atoms with Crippen LogP contribution in [0.2, 0.25) is 13.1 Å². The Morgan fingerprint density at radius 1 is 0.806 bits per heavy atom. The highest BCUT2D eigenvalue weighted by Gasteiger charge is 2.37. The van der Waals surface area contributed by atoms with E-state index in [1.165, 1.54) is 38.2 Å². The summed E-state index contributed by atoms with van der Waals surface area (Å²) in [5.41, 5.74) is 7.03. The van der Waals surface area contributed by atoms with Crippen molar-refractivity contribution in [3.8, 4) is 5.75 Å². The third-order valence-corrected chi connectivity index (χ3v) is 12.3. The van der Waals surface area contributed by atoms with Crippen molar-refractivity contribution in [2.75, 3.05) is 0 Å². The Labute approximate surface area is 220 Å². The van der Waals surface area contributed by atoms with Gasteiger partial charge < -0.3 is 4.74 Å². The molecule has 3 aromatic carbocycles. The van der Waals surface area contributed by atoms with Gasteiger partial charge in [0.25, 0.3) is 0 Å². The SMILES string of the molecule is CCC(C)(C)c1cc(C(C)(C)CC)c(OCc2ccccc2)c([Si](C)(C)c2cccc3c2C=CC3)c1. The molecule has 0 aromatic heterocycles. The summed E-state index contributed by atoms with van der Waals surface area (Å²) >= 11 is 0. The first-order chi connectivity index (χ1) is 17.0. The summed E-state index contributed by atoms with van der Waals surface area (Å²) in [6, 6.07) is 22.5. The van der Waals surface area contributed by atoms with E-state index in [2.05, 4.69) is 127 Å². The molecule has 1 aliphatic carbocycles. The second kappa shape index (κ2) is 10.1. The number of hydrogen-bond acceptors (Lipinski definition) is 1. The molecule has 190 valence electrons. The first-order valence-corrected chi connectivity index (χ1v) is 16.7. The van der Waals surface area contributed by atoms with Crippen molar-refractivity contribution >= 4 is 24.5 Å². The second-order valence-corrected chi connectivity index (χ2v) is 16.6. The highest BCUT2D eigenvalue weighted by atomic mass is 28.3. The summed E-state index contributed by atoms with van der Waals surface area (Å²) in [6.45, 7) is 19.8. The van der Waals surface area contributed by atoms with Crippen LogP contribution in [0.1, 0.15) is 82.2 Å². The van der Waals surface area contributed by atoms with Gasteiger partial charge in [0.15, 0.2) is 0 Å². The second-order valence-electron chi connectivity index (χ2n) is 12.3. The molecule has 0 amide bonds. The van der Waals surface area contributed by atoms with Crippen LogP contribution in [0.3, 0.4) is 0 Å². The maximum absolute atomic E-state index is 6.89. The molecular weight excluding hydrogens is 452 g/mol. The van der Waals surface area contributed by atoms with Gasteiger partial charge in [-0.05, 0) is 68.3 Å². The topological polar surface area (TPSA) is 9.23 Å². The molecule has 0 spiro atoms. The molecule has 0 heterocycles. The molecule has 36 heavy (non-hydrogen) atoms. The van der Waals surface area contributed by atoms with Crippen molar-refractivity contribution in [1.82, 2.24) is 0 Å². The van der Waals surface area contributed by atoms with E-state index in [0.29, 0.717) is 6.61 Å². The zero-order chi connectivity index (χ0) is 26.1. The van der Waals surface area contributed by atoms with E-state index in [-0.39, 0.29) is 10.8 Å². The summed E-state index contributed by atoms with van der Waals surface area (Å²) in [5, 5.41) is 2.95. The van der Waals surface area contributed by atoms with E-state index in [1.54, 1.807) is 0 Å². The molecule has 0 N–H and O–H groups in total. The normalized spacial score (nSPS) is 13.7. The summed E-state index contributed by atoms with van der Waals surface area (Å²) in [5.74, 6) is 1.12. The Morgan fingerprint density at radius 3 is 2.17 bits per heavy atom. The molecular formula is C34H44OSi. The molecule has 0 saturated heterocycles. The van der Waals surface area contributed by atoms with Crippen LogP contribution >= 0.6 is 0 Å². The molecule has 4 rings (SSSR count). The largest absolute Gasteiger partial charge is 0.489 e. The first kappa shape index (κ1) is 26.5. The van der Waals surface area contributed by atoms with E-state index in [4.69, 9.17) is 4.74 Å². The molecule has 0 saturated carbocycles. The Hall–Kier alpha value is -2.58. The van der Waals surface area contributed by atoms with Gasteiger partial charge in [0.05, 0.1) is 0 Å². The quantitative estimate of drug-likeness (QED) is 0.272. The van der Waals surface area contributed by atoms with Gasteiger partial charge in [0.2, 0.25) is 0 Å². The zero-order valence-corrected chi connectivity index (χ0v) is 24.7. The molecule has 3 aromatic rings. The van der Waals surface area contributed by atoms with Gasteiger partial charge in [0, 0.05) is 0 Å². The molecule has 0 fully saturated rings. The smallest absolute Gasteiger partial charge is 0.123 e. The van der Waals surface area contributed by atoms with Crippen LogP contribution in [-0.2, 0) is 23.9 Å². The zero-order valence-electron chi connectivity index (χ0n) is 23.7. The summed E-state index contributed by atoms with van der Waals surface area (Å²) < 4.78 is 6.89. The molecule has 0 atom stereocenters. The van der Waals surface area contributed by atoms with Crippen LogP contribution in [0.25, 0.3) is 6.08 Å². The molecule has 2 heteroatoms. The lowest BCUT2D eigenvalue weighted by Gasteiger charge is -2.36. The molecule has 1 aliphatic rings. The van der Waals surface area contributed by atoms with Crippen LogP contribution in [0, 0.1) is 0 Å². The third-order valence-electron chi connectivity index (χ3n) is 8.76. The van der Waals surface area contributed by atoms with Crippen molar-refractivity contribution in [1.29, 1.82) is 0 Å². The van der Waals surface area contributed by atoms with E-state index in [1.807, 2.05) is 0 Å². The number of ether oxygens (including phenoxy) is 1. The van der Waals surface area contributed by atoms with Crippen molar-refractivity contribution in [3.63, 3.8) is 0 Å². The van der Waals surface area contributed by atoms with Crippen LogP contribution in [0.5, 0.6) is 5.75 Å². The van der Waals surface area contributed by atoms with Gasteiger partial charge >= 0.3 is 0 Å². The minimum atomic E-state index is -2.12. The predicted octanol–water partition coefficient (Wildman–Crippen LogP) is 8.03. The van der Waals surface area contributed by atoms with Crippen molar-refractivity contribution < 1.29 is 4.74 Å². The fourth-order valence-corrected chi connectivity index (χ4v) is 8.26. The maximum Gasteiger partial charge on any atom is 0.123 e. The van der Waals surface area contributed by atoms with E-state index in [0.717, 1.165) is 25.0 Å². The van der Waals surface area contributed by atoms with Gasteiger partial charge in [-0.25, -0.2) is 0 Å². The highest BCUT2D eigenvalue weighted by Crippen LogP contribution is 2.39. The molecule has 0 radical (unpaired) electrons. The van der Waals surface area contributed by atoms with Gasteiger partial charge in [-0.3, -0.25) is 0 Å². The summed E-state index contributed by atoms with van der Waals surface area (Å²) in [4.78, 5) is 0. The standard InChI is InChI=1S/C34H44OSi/c1-9-33(3,4)27-22-29(34(5,6)10-2)32(35-24-25-16-12-11-13-17-25)31(23-27)36(7,8)30-21-15-19-26-18-14-20-28(26)30/h11-17,19-23H,9-10,18,24H2,1-8H3. The Balaban J connectivity index is 1.98. The van der Waals surface area contributed by atoms with Crippen LogP contribution < -0.4 is 15.1 Å². The van der Waals surface area contributed by atoms with Crippen LogP contribution in [-0.4, -0.2) is 8.07 Å². The summed E-state index contributed by atoms with van der Waals surface area (Å²) in [6.07, 6.45) is 7.88. The van der Waals surface area contributed by atoms with Crippen LogP contribution in [0.4, 0.5) is 0 Å². The van der Waals surface area contributed by atoms with Crippen molar-refractivity contribution in [2.24, 2.45) is 0 Å². The average Bonchev–Trinajstić information content (AvgIpc) is 3.36. The fourth-order valence-electron chi connectivity index (χ4n) is 5.25. The molecule has 1 nitrogen and oxygen atoms in total. The lowest BCUT2D eigenvalue weighted by Crippen LogP contribution is -2.55. The lowest BCUT2D eigenvalue weighted by atomic mass is 9.76. The Bertz CT molecular complexity index is 1250. The van der Waals surface area contributed by atoms with Gasteiger partial charge in [0.1, 0.15) is 20.4 Å². The molecule has 0 unspecified atom stereocenters. The average molecular weight is 497 g/mol. The maximum atomic E-state index is 6.89. The van der Waals surface area contributed by atoms with Crippen molar-refractivity contribution in [3.05, 3.63) is 94.6 Å². The molecule has 0 aliphatic heterocycles. The first-order valence-electron chi connectivity index (χ1n) is 13.7. The number of benzene rings is 3. The Kier molecular flexibility index (Phi) is 7.39. The number of rotatable bonds is 9. The lowest BCUT2D eigenvalue weighted by molar-refractivity contribution is 0.297. The highest BCUT2D eigenvalue weighted by molar-refractivity contribution is 7.01. The fraction of sp³-hybridized carbons (Fsp3) is 0.412. The van der Waals surface area contributed by atoms with Gasteiger partial charge in [-0.1, -0.05) is 127 Å². The number of hydrogen-bond donors (Lipinski definition) is 0. The van der Waals surface area contributed by atoms with E-state index in [9.17, 15) is 0 Å². The van der Waals surface area contributed by atoms with Crippen molar-refractivity contribution in [2.45, 2.75) is 91.3 Å². The third kappa shape index (κ3) is 4.98. The van der Waals surface area contributed by atoms with Gasteiger partial charge in [-0.15, -0.1) is 0 Å². The minimum Gasteiger partial charge on any atom is -0.489 e. The predicted molar refractivity (Wildman–Crippen MR) is 160 cm³/mol.